The fourth-order valence-electron chi connectivity index (χ4n) is 0.314. The molecule has 0 saturated heterocycles. The normalized spacial score (nSPS) is 12.7. The molecule has 0 aliphatic heterocycles. The van der Waals surface area contributed by atoms with Crippen molar-refractivity contribution in [3.05, 3.63) is 0 Å². The van der Waals surface area contributed by atoms with Gasteiger partial charge in [-0.25, -0.2) is 0 Å². The number of carbonyl (C=O) groups is 2. The highest BCUT2D eigenvalue weighted by atomic mass is 16.4. The molecule has 0 aromatic rings. The summed E-state index contributed by atoms with van der Waals surface area (Å²) in [6, 6.07) is 0. The molecule has 0 saturated carbocycles. The minimum Gasteiger partial charge on any atom is -0.481 e. The number of carboxylic acids is 1. The largest absolute Gasteiger partial charge is 0.481 e. The SMILES string of the molecule is C[C@@H](C(=O)O)C(=O)CN. The Hall–Kier alpha value is -0.900. The maximum absolute atomic E-state index is 10.4. The van der Waals surface area contributed by atoms with Gasteiger partial charge in [-0.15, -0.1) is 0 Å². The molecule has 0 rings (SSSR count). The molecule has 0 aliphatic rings. The Bertz CT molecular complexity index is 132. The number of carbonyl (C=O) groups excluding carboxylic acids is 1. The van der Waals surface area contributed by atoms with Crippen LogP contribution in [0, 0.1) is 5.92 Å². The van der Waals surface area contributed by atoms with Crippen molar-refractivity contribution in [3.63, 3.8) is 0 Å². The molecular formula is C5H9NO3. The maximum atomic E-state index is 10.4. The Morgan fingerprint density at radius 2 is 2.11 bits per heavy atom. The van der Waals surface area contributed by atoms with Crippen LogP contribution in [0.15, 0.2) is 0 Å². The van der Waals surface area contributed by atoms with Crippen LogP contribution in [0.4, 0.5) is 0 Å². The van der Waals surface area contributed by atoms with Crippen LogP contribution in [0.1, 0.15) is 6.92 Å². The van der Waals surface area contributed by atoms with Crippen molar-refractivity contribution in [2.24, 2.45) is 11.7 Å². The van der Waals surface area contributed by atoms with E-state index in [9.17, 15) is 9.59 Å². The number of aliphatic carboxylic acids is 1. The third kappa shape index (κ3) is 2.23. The molecule has 1 atom stereocenters. The van der Waals surface area contributed by atoms with Crippen molar-refractivity contribution in [1.29, 1.82) is 0 Å². The standard InChI is InChI=1S/C5H9NO3/c1-3(5(8)9)4(7)2-6/h3H,2,6H2,1H3,(H,8,9)/t3-/m1/s1. The van der Waals surface area contributed by atoms with Crippen molar-refractivity contribution < 1.29 is 14.7 Å². The molecule has 0 heterocycles. The van der Waals surface area contributed by atoms with E-state index in [0.717, 1.165) is 0 Å². The Morgan fingerprint density at radius 1 is 1.67 bits per heavy atom. The van der Waals surface area contributed by atoms with Gasteiger partial charge in [0.1, 0.15) is 5.92 Å². The molecule has 0 aromatic heterocycles. The van der Waals surface area contributed by atoms with E-state index in [-0.39, 0.29) is 6.54 Å². The quantitative estimate of drug-likeness (QED) is 0.493. The zero-order chi connectivity index (χ0) is 7.44. The zero-order valence-electron chi connectivity index (χ0n) is 5.13. The molecule has 4 heteroatoms. The van der Waals surface area contributed by atoms with Gasteiger partial charge in [0, 0.05) is 0 Å². The van der Waals surface area contributed by atoms with Crippen LogP contribution < -0.4 is 5.73 Å². The van der Waals surface area contributed by atoms with Crippen LogP contribution in [0.25, 0.3) is 0 Å². The second-order valence-electron chi connectivity index (χ2n) is 1.73. The van der Waals surface area contributed by atoms with Crippen molar-refractivity contribution >= 4 is 11.8 Å². The van der Waals surface area contributed by atoms with E-state index < -0.39 is 17.7 Å². The van der Waals surface area contributed by atoms with Crippen LogP contribution in [-0.4, -0.2) is 23.4 Å². The first-order valence-electron chi connectivity index (χ1n) is 2.55. The lowest BCUT2D eigenvalue weighted by Gasteiger charge is -1.99. The first kappa shape index (κ1) is 8.10. The molecule has 0 radical (unpaired) electrons. The number of nitrogens with two attached hydrogens (primary N) is 1. The summed E-state index contributed by atoms with van der Waals surface area (Å²) in [5, 5.41) is 8.21. The molecule has 0 spiro atoms. The fraction of sp³-hybridized carbons (Fsp3) is 0.600. The summed E-state index contributed by atoms with van der Waals surface area (Å²) < 4.78 is 0. The van der Waals surface area contributed by atoms with Gasteiger partial charge < -0.3 is 10.8 Å². The summed E-state index contributed by atoms with van der Waals surface area (Å²) in [6.07, 6.45) is 0. The molecule has 0 aromatic carbocycles. The highest BCUT2D eigenvalue weighted by Crippen LogP contribution is 1.93. The Kier molecular flexibility index (Phi) is 2.87. The van der Waals surface area contributed by atoms with Gasteiger partial charge in [0.05, 0.1) is 6.54 Å². The molecule has 0 fully saturated rings. The first-order chi connectivity index (χ1) is 4.09. The minimum atomic E-state index is -1.12. The van der Waals surface area contributed by atoms with Gasteiger partial charge in [-0.3, -0.25) is 9.59 Å². The zero-order valence-corrected chi connectivity index (χ0v) is 5.13. The lowest BCUT2D eigenvalue weighted by molar-refractivity contribution is -0.145. The number of ketones is 1. The summed E-state index contributed by atoms with van der Waals surface area (Å²) >= 11 is 0. The van der Waals surface area contributed by atoms with Crippen molar-refractivity contribution in [3.8, 4) is 0 Å². The third-order valence-electron chi connectivity index (χ3n) is 1.05. The average Bonchev–Trinajstić information content (AvgIpc) is 1.84. The first-order valence-corrected chi connectivity index (χ1v) is 2.55. The van der Waals surface area contributed by atoms with Crippen molar-refractivity contribution in [2.75, 3.05) is 6.54 Å². The number of rotatable bonds is 3. The van der Waals surface area contributed by atoms with Gasteiger partial charge in [-0.05, 0) is 6.92 Å². The van der Waals surface area contributed by atoms with Crippen LogP contribution in [0.3, 0.4) is 0 Å². The van der Waals surface area contributed by atoms with Gasteiger partial charge in [-0.1, -0.05) is 0 Å². The molecule has 3 N–H and O–H groups in total. The summed E-state index contributed by atoms with van der Waals surface area (Å²) in [5.41, 5.74) is 4.90. The Balaban J connectivity index is 3.88. The predicted octanol–water partition coefficient (Wildman–Crippen LogP) is -0.765. The van der Waals surface area contributed by atoms with Crippen molar-refractivity contribution in [1.82, 2.24) is 0 Å². The van der Waals surface area contributed by atoms with E-state index in [1.54, 1.807) is 0 Å². The Labute approximate surface area is 52.7 Å². The molecule has 0 aliphatic carbocycles. The number of carboxylic acid groups (broad SMARTS) is 1. The van der Waals surface area contributed by atoms with Gasteiger partial charge in [0.25, 0.3) is 0 Å². The number of Topliss-reactive ketones (excluding diaryl/α,β-unsaturated/α-hetero) is 1. The summed E-state index contributed by atoms with van der Waals surface area (Å²) in [6.45, 7) is 1.12. The van der Waals surface area contributed by atoms with E-state index >= 15 is 0 Å². The van der Waals surface area contributed by atoms with Crippen LogP contribution in [-0.2, 0) is 9.59 Å². The molecule has 0 amide bonds. The average molecular weight is 131 g/mol. The highest BCUT2D eigenvalue weighted by Gasteiger charge is 2.17. The molecule has 9 heavy (non-hydrogen) atoms. The fourth-order valence-corrected chi connectivity index (χ4v) is 0.314. The van der Waals surface area contributed by atoms with Crippen molar-refractivity contribution in [2.45, 2.75) is 6.92 Å². The molecule has 0 bridgehead atoms. The second kappa shape index (κ2) is 3.19. The third-order valence-corrected chi connectivity index (χ3v) is 1.05. The Morgan fingerprint density at radius 3 is 2.22 bits per heavy atom. The molecule has 0 unspecified atom stereocenters. The lowest BCUT2D eigenvalue weighted by atomic mass is 10.1. The monoisotopic (exact) mass is 131 g/mol. The number of hydrogen-bond donors (Lipinski definition) is 2. The summed E-state index contributed by atoms with van der Waals surface area (Å²) in [7, 11) is 0. The minimum absolute atomic E-state index is 0.201. The lowest BCUT2D eigenvalue weighted by Crippen LogP contribution is -2.26. The van der Waals surface area contributed by atoms with E-state index in [0.29, 0.717) is 0 Å². The van der Waals surface area contributed by atoms with Gasteiger partial charge in [0.15, 0.2) is 5.78 Å². The molecule has 4 nitrogen and oxygen atoms in total. The van der Waals surface area contributed by atoms with Gasteiger partial charge in [-0.2, -0.15) is 0 Å². The number of hydrogen-bond acceptors (Lipinski definition) is 3. The second-order valence-corrected chi connectivity index (χ2v) is 1.73. The van der Waals surface area contributed by atoms with Crippen LogP contribution in [0.5, 0.6) is 0 Å². The highest BCUT2D eigenvalue weighted by molar-refractivity contribution is 5.98. The molecular weight excluding hydrogens is 122 g/mol. The van der Waals surface area contributed by atoms with E-state index in [1.807, 2.05) is 0 Å². The van der Waals surface area contributed by atoms with Crippen LogP contribution in [0.2, 0.25) is 0 Å². The summed E-state index contributed by atoms with van der Waals surface area (Å²) in [4.78, 5) is 20.5. The van der Waals surface area contributed by atoms with Crippen LogP contribution >= 0.6 is 0 Å². The van der Waals surface area contributed by atoms with E-state index in [2.05, 4.69) is 0 Å². The maximum Gasteiger partial charge on any atom is 0.313 e. The topological polar surface area (TPSA) is 80.4 Å². The van der Waals surface area contributed by atoms with E-state index in [4.69, 9.17) is 10.8 Å². The van der Waals surface area contributed by atoms with E-state index in [1.165, 1.54) is 6.92 Å². The summed E-state index contributed by atoms with van der Waals surface area (Å²) in [5.74, 6) is -2.53. The smallest absolute Gasteiger partial charge is 0.313 e. The molecule has 52 valence electrons. The predicted molar refractivity (Wildman–Crippen MR) is 30.9 cm³/mol. The van der Waals surface area contributed by atoms with Gasteiger partial charge in [0.2, 0.25) is 0 Å². The van der Waals surface area contributed by atoms with Gasteiger partial charge >= 0.3 is 5.97 Å².